The second-order valence-electron chi connectivity index (χ2n) is 7.80. The van der Waals surface area contributed by atoms with E-state index in [1.165, 1.54) is 24.3 Å². The molecule has 0 bridgehead atoms. The molecule has 216 valence electrons. The van der Waals surface area contributed by atoms with Crippen LogP contribution in [0.3, 0.4) is 0 Å². The SMILES string of the molecule is CO/N=C(/C(=O)NC1C(=O)N2C(C(=O)O)=C(CSc3nnnn3C/C(=N\O)C(=O)O)CS[C@H]12)c1csc(NC=O)n1. The fraction of sp³-hybridized carbons (Fsp3) is 0.316. The lowest BCUT2D eigenvalue weighted by Gasteiger charge is -2.49. The molecule has 5 N–H and O–H groups in total. The Hall–Kier alpha value is -4.57. The third kappa shape index (κ3) is 6.12. The fourth-order valence-electron chi connectivity index (χ4n) is 3.63. The number of carbonyl (C=O) groups is 5. The highest BCUT2D eigenvalue weighted by atomic mass is 32.2. The maximum Gasteiger partial charge on any atom is 0.355 e. The van der Waals surface area contributed by atoms with E-state index >= 15 is 0 Å². The summed E-state index contributed by atoms with van der Waals surface area (Å²) in [5.74, 6) is -4.08. The van der Waals surface area contributed by atoms with E-state index in [1.807, 2.05) is 0 Å². The zero-order chi connectivity index (χ0) is 29.7. The van der Waals surface area contributed by atoms with Crippen molar-refractivity contribution < 1.29 is 44.2 Å². The van der Waals surface area contributed by atoms with Crippen LogP contribution in [0.25, 0.3) is 0 Å². The van der Waals surface area contributed by atoms with E-state index in [9.17, 15) is 29.1 Å². The number of carboxylic acid groups (broad SMARTS) is 2. The van der Waals surface area contributed by atoms with Gasteiger partial charge in [0.05, 0.1) is 6.54 Å². The molecule has 2 atom stereocenters. The van der Waals surface area contributed by atoms with E-state index < -0.39 is 47.4 Å². The first-order chi connectivity index (χ1) is 19.7. The number of β-lactam (4-membered cyclic amide) rings is 1. The zero-order valence-electron chi connectivity index (χ0n) is 20.5. The van der Waals surface area contributed by atoms with Gasteiger partial charge < -0.3 is 30.9 Å². The molecule has 22 heteroatoms. The molecule has 1 saturated heterocycles. The van der Waals surface area contributed by atoms with Crippen LogP contribution in [0, 0.1) is 0 Å². The molecule has 2 aliphatic heterocycles. The van der Waals surface area contributed by atoms with Crippen molar-refractivity contribution in [2.45, 2.75) is 23.1 Å². The van der Waals surface area contributed by atoms with Crippen LogP contribution < -0.4 is 10.6 Å². The summed E-state index contributed by atoms with van der Waals surface area (Å²) < 4.78 is 1.06. The van der Waals surface area contributed by atoms with Crippen LogP contribution in [0.1, 0.15) is 5.69 Å². The second kappa shape index (κ2) is 12.7. The summed E-state index contributed by atoms with van der Waals surface area (Å²) in [5.41, 5.74) is -0.673. The lowest BCUT2D eigenvalue weighted by Crippen LogP contribution is -2.71. The number of carboxylic acids is 2. The highest BCUT2D eigenvalue weighted by molar-refractivity contribution is 8.01. The Kier molecular flexibility index (Phi) is 9.14. The Morgan fingerprint density at radius 1 is 1.34 bits per heavy atom. The molecule has 19 nitrogen and oxygen atoms in total. The second-order valence-corrected chi connectivity index (χ2v) is 10.7. The molecule has 2 aromatic heterocycles. The summed E-state index contributed by atoms with van der Waals surface area (Å²) in [6.45, 7) is -0.445. The van der Waals surface area contributed by atoms with Gasteiger partial charge in [-0.05, 0) is 16.0 Å². The number of hydrogen-bond donors (Lipinski definition) is 5. The first-order valence-corrected chi connectivity index (χ1v) is 13.9. The van der Waals surface area contributed by atoms with E-state index in [0.29, 0.717) is 12.0 Å². The highest BCUT2D eigenvalue weighted by Gasteiger charge is 2.54. The molecule has 2 aromatic rings. The molecule has 41 heavy (non-hydrogen) atoms. The van der Waals surface area contributed by atoms with E-state index in [4.69, 9.17) is 15.2 Å². The number of aliphatic carboxylic acids is 2. The Balaban J connectivity index is 1.47. The molecule has 0 saturated carbocycles. The lowest BCUT2D eigenvalue weighted by molar-refractivity contribution is -0.150. The van der Waals surface area contributed by atoms with Crippen molar-refractivity contribution in [1.82, 2.24) is 35.4 Å². The van der Waals surface area contributed by atoms with Gasteiger partial charge in [0.2, 0.25) is 11.6 Å². The first-order valence-electron chi connectivity index (χ1n) is 11.0. The monoisotopic (exact) mass is 626 g/mol. The molecule has 4 rings (SSSR count). The van der Waals surface area contributed by atoms with Crippen molar-refractivity contribution >= 4 is 81.6 Å². The van der Waals surface area contributed by atoms with Crippen LogP contribution in [0.2, 0.25) is 0 Å². The number of hydrogen-bond acceptors (Lipinski definition) is 16. The number of rotatable bonds is 13. The van der Waals surface area contributed by atoms with Gasteiger partial charge in [-0.2, -0.15) is 0 Å². The molecule has 2 aliphatic rings. The van der Waals surface area contributed by atoms with Crippen LogP contribution in [0.4, 0.5) is 5.13 Å². The molecule has 1 unspecified atom stereocenters. The molecule has 3 amide bonds. The summed E-state index contributed by atoms with van der Waals surface area (Å²) in [6, 6.07) is -1.07. The van der Waals surface area contributed by atoms with Crippen LogP contribution in [0.15, 0.2) is 32.1 Å². The molecule has 4 heterocycles. The standard InChI is InChI=1S/C19H18N10O9S3/c1-38-25-10(9-5-40-18(21-9)20-6-30)13(31)22-11-14(32)29-12(17(35)36)7(3-39-15(11)29)4-41-19-23-26-27-28(19)2-8(24-37)16(33)34/h5-6,11,15,37H,2-4H2,1H3,(H,22,31)(H,33,34)(H,35,36)(H,20,21,30)/b24-8+,25-10+/t11?,15-/m1/s1. The van der Waals surface area contributed by atoms with Crippen molar-refractivity contribution in [2.24, 2.45) is 10.3 Å². The van der Waals surface area contributed by atoms with Gasteiger partial charge in [0.1, 0.15) is 29.9 Å². The number of tetrazole rings is 1. The van der Waals surface area contributed by atoms with Gasteiger partial charge >= 0.3 is 11.9 Å². The summed E-state index contributed by atoms with van der Waals surface area (Å²) in [7, 11) is 1.21. The maximum atomic E-state index is 13.0. The zero-order valence-corrected chi connectivity index (χ0v) is 23.0. The fourth-order valence-corrected chi connectivity index (χ4v) is 6.65. The number of amides is 3. The maximum absolute atomic E-state index is 13.0. The number of oxime groups is 2. The summed E-state index contributed by atoms with van der Waals surface area (Å²) >= 11 is 3.25. The number of carbonyl (C=O) groups excluding carboxylic acids is 3. The third-order valence-electron chi connectivity index (χ3n) is 5.40. The molecule has 0 spiro atoms. The average molecular weight is 627 g/mol. The van der Waals surface area contributed by atoms with Crippen LogP contribution in [-0.4, -0.2) is 117 Å². The summed E-state index contributed by atoms with van der Waals surface area (Å²) in [6.07, 6.45) is 0.418. The largest absolute Gasteiger partial charge is 0.477 e. The number of aromatic nitrogens is 5. The smallest absolute Gasteiger partial charge is 0.355 e. The van der Waals surface area contributed by atoms with Crippen molar-refractivity contribution in [1.29, 1.82) is 0 Å². The van der Waals surface area contributed by atoms with Gasteiger partial charge in [0.25, 0.3) is 11.8 Å². The minimum absolute atomic E-state index is 0.0346. The van der Waals surface area contributed by atoms with Gasteiger partial charge in [0.15, 0.2) is 16.6 Å². The number of thiazole rings is 1. The van der Waals surface area contributed by atoms with Crippen LogP contribution in [-0.2, 0) is 35.4 Å². The van der Waals surface area contributed by atoms with E-state index in [1.54, 1.807) is 0 Å². The van der Waals surface area contributed by atoms with Gasteiger partial charge in [-0.1, -0.05) is 22.1 Å². The Morgan fingerprint density at radius 3 is 2.78 bits per heavy atom. The summed E-state index contributed by atoms with van der Waals surface area (Å²) in [4.78, 5) is 69.8. The van der Waals surface area contributed by atoms with Gasteiger partial charge in [-0.3, -0.25) is 19.3 Å². The van der Waals surface area contributed by atoms with Crippen molar-refractivity contribution in [3.8, 4) is 0 Å². The number of thioether (sulfide) groups is 2. The number of anilines is 1. The summed E-state index contributed by atoms with van der Waals surface area (Å²) in [5, 5.41) is 51.0. The first kappa shape index (κ1) is 29.4. The van der Waals surface area contributed by atoms with Crippen molar-refractivity contribution in [3.63, 3.8) is 0 Å². The van der Waals surface area contributed by atoms with Gasteiger partial charge in [-0.25, -0.2) is 19.3 Å². The van der Waals surface area contributed by atoms with Crippen LogP contribution in [0.5, 0.6) is 0 Å². The molecular formula is C19H18N10O9S3. The highest BCUT2D eigenvalue weighted by Crippen LogP contribution is 2.41. The topological polar surface area (TPSA) is 264 Å². The number of nitrogens with zero attached hydrogens (tertiary/aromatic N) is 8. The van der Waals surface area contributed by atoms with E-state index in [-0.39, 0.29) is 38.9 Å². The molecule has 1 fully saturated rings. The van der Waals surface area contributed by atoms with Crippen LogP contribution >= 0.6 is 34.9 Å². The predicted molar refractivity (Wildman–Crippen MR) is 140 cm³/mol. The van der Waals surface area contributed by atoms with Crippen molar-refractivity contribution in [3.05, 3.63) is 22.3 Å². The lowest BCUT2D eigenvalue weighted by atomic mass is 10.0. The molecule has 0 aromatic carbocycles. The molecule has 0 aliphatic carbocycles. The van der Waals surface area contributed by atoms with Crippen molar-refractivity contribution in [2.75, 3.05) is 23.9 Å². The quantitative estimate of drug-likeness (QED) is 0.0423. The number of fused-ring (bicyclic) bond motifs is 1. The minimum atomic E-state index is -1.48. The predicted octanol–water partition coefficient (Wildman–Crippen LogP) is -1.51. The Labute approximate surface area is 240 Å². The number of nitrogens with one attached hydrogen (secondary N) is 2. The Bertz CT molecular complexity index is 1490. The van der Waals surface area contributed by atoms with Gasteiger partial charge in [0, 0.05) is 16.9 Å². The van der Waals surface area contributed by atoms with Gasteiger partial charge in [-0.15, -0.1) is 28.2 Å². The average Bonchev–Trinajstić information content (AvgIpc) is 3.60. The Morgan fingerprint density at radius 2 is 2.12 bits per heavy atom. The molecular weight excluding hydrogens is 608 g/mol. The third-order valence-corrected chi connectivity index (χ3v) is 8.56. The van der Waals surface area contributed by atoms with E-state index in [0.717, 1.165) is 32.7 Å². The molecule has 0 radical (unpaired) electrons. The van der Waals surface area contributed by atoms with E-state index in [2.05, 4.69) is 41.5 Å². The normalized spacial score (nSPS) is 18.9. The minimum Gasteiger partial charge on any atom is -0.477 e.